The number of anilines is 1. The topological polar surface area (TPSA) is 24.9 Å². The van der Waals surface area contributed by atoms with E-state index in [-0.39, 0.29) is 0 Å². The Labute approximate surface area is 117 Å². The Balaban J connectivity index is 1.91. The van der Waals surface area contributed by atoms with E-state index < -0.39 is 0 Å². The van der Waals surface area contributed by atoms with Crippen molar-refractivity contribution in [3.8, 4) is 0 Å². The molecular formula is C14H15ClN2S. The van der Waals surface area contributed by atoms with Gasteiger partial charge in [-0.2, -0.15) is 0 Å². The van der Waals surface area contributed by atoms with E-state index in [2.05, 4.69) is 23.3 Å². The largest absolute Gasteiger partial charge is 0.370 e. The van der Waals surface area contributed by atoms with Gasteiger partial charge in [-0.15, -0.1) is 11.8 Å². The molecule has 0 unspecified atom stereocenters. The van der Waals surface area contributed by atoms with E-state index in [9.17, 15) is 0 Å². The van der Waals surface area contributed by atoms with Gasteiger partial charge < -0.3 is 5.32 Å². The Morgan fingerprint density at radius 2 is 1.94 bits per heavy atom. The van der Waals surface area contributed by atoms with Crippen molar-refractivity contribution >= 4 is 29.2 Å². The summed E-state index contributed by atoms with van der Waals surface area (Å²) < 4.78 is 0. The third-order valence-corrected chi connectivity index (χ3v) is 3.74. The van der Waals surface area contributed by atoms with Gasteiger partial charge in [0.1, 0.15) is 5.82 Å². The number of nitrogens with zero attached hydrogens (tertiary/aromatic N) is 1. The summed E-state index contributed by atoms with van der Waals surface area (Å²) in [6.45, 7) is 2.96. The number of pyridine rings is 1. The minimum absolute atomic E-state index is 0.774. The molecule has 2 nitrogen and oxygen atoms in total. The fraction of sp³-hybridized carbons (Fsp3) is 0.214. The molecule has 1 aromatic carbocycles. The number of benzene rings is 1. The summed E-state index contributed by atoms with van der Waals surface area (Å²) in [7, 11) is 0. The molecule has 4 heteroatoms. The molecule has 0 aliphatic rings. The molecule has 94 valence electrons. The summed E-state index contributed by atoms with van der Waals surface area (Å²) in [6.07, 6.45) is 1.92. The lowest BCUT2D eigenvalue weighted by Crippen LogP contribution is -1.98. The van der Waals surface area contributed by atoms with Crippen LogP contribution in [-0.4, -0.2) is 11.5 Å². The lowest BCUT2D eigenvalue weighted by atomic mass is 10.3. The summed E-state index contributed by atoms with van der Waals surface area (Å²) in [6, 6.07) is 12.0. The molecule has 0 atom stereocenters. The van der Waals surface area contributed by atoms with Gasteiger partial charge >= 0.3 is 0 Å². The fourth-order valence-corrected chi connectivity index (χ4v) is 2.45. The molecule has 0 saturated heterocycles. The van der Waals surface area contributed by atoms with Crippen molar-refractivity contribution in [2.45, 2.75) is 17.6 Å². The van der Waals surface area contributed by atoms with Crippen LogP contribution >= 0.6 is 23.4 Å². The summed E-state index contributed by atoms with van der Waals surface area (Å²) in [5.74, 6) is 1.85. The predicted octanol–water partition coefficient (Wildman–Crippen LogP) is 4.46. The lowest BCUT2D eigenvalue weighted by molar-refractivity contribution is 1.14. The Bertz CT molecular complexity index is 482. The maximum absolute atomic E-state index is 5.85. The number of rotatable bonds is 5. The molecule has 2 aromatic rings. The zero-order valence-electron chi connectivity index (χ0n) is 10.2. The van der Waals surface area contributed by atoms with E-state index >= 15 is 0 Å². The van der Waals surface area contributed by atoms with Crippen molar-refractivity contribution in [2.24, 2.45) is 0 Å². The van der Waals surface area contributed by atoms with Gasteiger partial charge in [-0.05, 0) is 42.8 Å². The van der Waals surface area contributed by atoms with Crippen LogP contribution in [0.5, 0.6) is 0 Å². The van der Waals surface area contributed by atoms with Crippen LogP contribution in [0, 0.1) is 0 Å². The van der Waals surface area contributed by atoms with Crippen molar-refractivity contribution in [3.05, 3.63) is 53.2 Å². The highest BCUT2D eigenvalue weighted by molar-refractivity contribution is 7.98. The van der Waals surface area contributed by atoms with Crippen LogP contribution in [0.2, 0.25) is 5.02 Å². The van der Waals surface area contributed by atoms with Crippen molar-refractivity contribution in [1.82, 2.24) is 4.98 Å². The zero-order valence-corrected chi connectivity index (χ0v) is 11.8. The number of hydrogen-bond acceptors (Lipinski definition) is 3. The second kappa shape index (κ2) is 6.66. The normalized spacial score (nSPS) is 10.3. The zero-order chi connectivity index (χ0) is 12.8. The van der Waals surface area contributed by atoms with Gasteiger partial charge in [0.15, 0.2) is 0 Å². The van der Waals surface area contributed by atoms with E-state index in [1.54, 1.807) is 11.8 Å². The van der Waals surface area contributed by atoms with Gasteiger partial charge in [0, 0.05) is 28.4 Å². The van der Waals surface area contributed by atoms with Crippen LogP contribution in [0.25, 0.3) is 0 Å². The Hall–Kier alpha value is -1.19. The summed E-state index contributed by atoms with van der Waals surface area (Å²) in [4.78, 5) is 5.57. The number of halogens is 1. The Morgan fingerprint density at radius 3 is 2.56 bits per heavy atom. The van der Waals surface area contributed by atoms with Crippen molar-refractivity contribution in [3.63, 3.8) is 0 Å². The van der Waals surface area contributed by atoms with Crippen LogP contribution in [0.4, 0.5) is 5.82 Å². The highest BCUT2D eigenvalue weighted by atomic mass is 35.5. The van der Waals surface area contributed by atoms with Gasteiger partial charge in [0.2, 0.25) is 0 Å². The highest BCUT2D eigenvalue weighted by Crippen LogP contribution is 2.24. The lowest BCUT2D eigenvalue weighted by Gasteiger charge is -2.04. The monoisotopic (exact) mass is 278 g/mol. The molecule has 18 heavy (non-hydrogen) atoms. The number of hydrogen-bond donors (Lipinski definition) is 1. The van der Waals surface area contributed by atoms with Gasteiger partial charge in [-0.25, -0.2) is 4.98 Å². The average molecular weight is 279 g/mol. The molecule has 1 aromatic heterocycles. The van der Waals surface area contributed by atoms with Gasteiger partial charge in [-0.1, -0.05) is 17.7 Å². The molecule has 1 heterocycles. The first kappa shape index (κ1) is 13.2. The molecule has 1 N–H and O–H groups in total. The molecule has 0 amide bonds. The fourth-order valence-electron chi connectivity index (χ4n) is 1.49. The van der Waals surface area contributed by atoms with Gasteiger partial charge in [0.05, 0.1) is 0 Å². The predicted molar refractivity (Wildman–Crippen MR) is 79.4 cm³/mol. The SMILES string of the molecule is CCNc1ccc(CSc2ccc(Cl)cc2)cn1. The molecule has 0 spiro atoms. The van der Waals surface area contributed by atoms with Crippen molar-refractivity contribution in [2.75, 3.05) is 11.9 Å². The van der Waals surface area contributed by atoms with E-state index in [0.29, 0.717) is 0 Å². The summed E-state index contributed by atoms with van der Waals surface area (Å²) >= 11 is 7.63. The van der Waals surface area contributed by atoms with Gasteiger partial charge in [-0.3, -0.25) is 0 Å². The Kier molecular flexibility index (Phi) is 4.90. The third kappa shape index (κ3) is 3.93. The summed E-state index contributed by atoms with van der Waals surface area (Å²) in [5.41, 5.74) is 1.22. The maximum Gasteiger partial charge on any atom is 0.125 e. The van der Waals surface area contributed by atoms with Crippen LogP contribution in [0.3, 0.4) is 0 Å². The van der Waals surface area contributed by atoms with Crippen LogP contribution in [0.1, 0.15) is 12.5 Å². The van der Waals surface area contributed by atoms with E-state index in [1.807, 2.05) is 36.5 Å². The molecule has 0 saturated carbocycles. The van der Waals surface area contributed by atoms with E-state index in [4.69, 9.17) is 11.6 Å². The maximum atomic E-state index is 5.85. The first-order chi connectivity index (χ1) is 8.78. The molecule has 0 aliphatic carbocycles. The molecule has 0 aliphatic heterocycles. The number of thioether (sulfide) groups is 1. The Morgan fingerprint density at radius 1 is 1.17 bits per heavy atom. The van der Waals surface area contributed by atoms with E-state index in [0.717, 1.165) is 23.1 Å². The van der Waals surface area contributed by atoms with E-state index in [1.165, 1.54) is 10.5 Å². The van der Waals surface area contributed by atoms with Crippen molar-refractivity contribution < 1.29 is 0 Å². The first-order valence-corrected chi connectivity index (χ1v) is 7.21. The summed E-state index contributed by atoms with van der Waals surface area (Å²) in [5, 5.41) is 3.96. The first-order valence-electron chi connectivity index (χ1n) is 5.85. The second-order valence-corrected chi connectivity index (χ2v) is 5.31. The minimum Gasteiger partial charge on any atom is -0.370 e. The quantitative estimate of drug-likeness (QED) is 0.818. The van der Waals surface area contributed by atoms with Crippen LogP contribution in [0.15, 0.2) is 47.5 Å². The number of nitrogens with one attached hydrogen (secondary N) is 1. The highest BCUT2D eigenvalue weighted by Gasteiger charge is 1.98. The number of aromatic nitrogens is 1. The minimum atomic E-state index is 0.774. The molecule has 0 fully saturated rings. The second-order valence-electron chi connectivity index (χ2n) is 3.82. The van der Waals surface area contributed by atoms with Crippen molar-refractivity contribution in [1.29, 1.82) is 0 Å². The molecule has 0 radical (unpaired) electrons. The van der Waals surface area contributed by atoms with Crippen LogP contribution in [-0.2, 0) is 5.75 Å². The molecule has 0 bridgehead atoms. The smallest absolute Gasteiger partial charge is 0.125 e. The molecular weight excluding hydrogens is 264 g/mol. The standard InChI is InChI=1S/C14H15ClN2S/c1-2-16-14-8-3-11(9-17-14)10-18-13-6-4-12(15)5-7-13/h3-9H,2,10H2,1H3,(H,16,17). The molecule has 2 rings (SSSR count). The third-order valence-electron chi connectivity index (χ3n) is 2.40. The van der Waals surface area contributed by atoms with Crippen LogP contribution < -0.4 is 5.32 Å². The average Bonchev–Trinajstić information content (AvgIpc) is 2.40. The van der Waals surface area contributed by atoms with Gasteiger partial charge in [0.25, 0.3) is 0 Å².